The molecule has 7 heteroatoms. The molecule has 0 aliphatic carbocycles. The molecule has 0 aliphatic rings. The van der Waals surface area contributed by atoms with E-state index in [1.807, 2.05) is 0 Å². The van der Waals surface area contributed by atoms with Gasteiger partial charge >= 0.3 is 0 Å². The fourth-order valence-corrected chi connectivity index (χ4v) is 1.15. The number of nitrogens with zero attached hydrogens (tertiary/aromatic N) is 2. The van der Waals surface area contributed by atoms with Gasteiger partial charge in [0.05, 0.1) is 17.9 Å². The molecule has 1 heterocycles. The van der Waals surface area contributed by atoms with Crippen molar-refractivity contribution < 1.29 is 4.79 Å². The molecular formula is C8H12ClN5O. The summed E-state index contributed by atoms with van der Waals surface area (Å²) in [5.41, 5.74) is 6.67. The highest BCUT2D eigenvalue weighted by molar-refractivity contribution is 6.28. The number of nitrogens with two attached hydrogens (primary N) is 1. The summed E-state index contributed by atoms with van der Waals surface area (Å²) in [6.45, 7) is 1.81. The van der Waals surface area contributed by atoms with Crippen LogP contribution in [0.5, 0.6) is 0 Å². The molecule has 0 fully saturated rings. The summed E-state index contributed by atoms with van der Waals surface area (Å²) < 4.78 is 0. The first-order chi connectivity index (χ1) is 7.04. The van der Waals surface area contributed by atoms with Crippen LogP contribution in [0.3, 0.4) is 0 Å². The third-order valence-corrected chi connectivity index (χ3v) is 1.97. The fourth-order valence-electron chi connectivity index (χ4n) is 0.935. The van der Waals surface area contributed by atoms with E-state index in [0.29, 0.717) is 17.2 Å². The van der Waals surface area contributed by atoms with Crippen molar-refractivity contribution in [3.8, 4) is 0 Å². The Hall–Kier alpha value is -1.56. The van der Waals surface area contributed by atoms with E-state index in [-0.39, 0.29) is 17.7 Å². The molecule has 1 amide bonds. The van der Waals surface area contributed by atoms with E-state index in [4.69, 9.17) is 17.3 Å². The van der Waals surface area contributed by atoms with Crippen LogP contribution < -0.4 is 16.4 Å². The molecular weight excluding hydrogens is 218 g/mol. The van der Waals surface area contributed by atoms with Crippen LogP contribution in [-0.2, 0) is 4.79 Å². The topological polar surface area (TPSA) is 92.9 Å². The number of nitrogens with one attached hydrogen (secondary N) is 2. The summed E-state index contributed by atoms with van der Waals surface area (Å²) in [5.74, 6) is 0.206. The minimum atomic E-state index is -0.165. The SMILES string of the molecule is CNC(=O)CNc1nc(Cl)nc(C)c1N. The van der Waals surface area contributed by atoms with Gasteiger partial charge in [-0.2, -0.15) is 4.98 Å². The molecule has 0 spiro atoms. The Balaban J connectivity index is 2.81. The molecule has 6 nitrogen and oxygen atoms in total. The fraction of sp³-hybridized carbons (Fsp3) is 0.375. The molecule has 0 radical (unpaired) electrons. The van der Waals surface area contributed by atoms with E-state index < -0.39 is 0 Å². The van der Waals surface area contributed by atoms with Gasteiger partial charge in [-0.3, -0.25) is 4.79 Å². The number of carbonyl (C=O) groups excluding carboxylic acids is 1. The van der Waals surface area contributed by atoms with Crippen molar-refractivity contribution >= 4 is 29.0 Å². The Bertz CT molecular complexity index is 382. The highest BCUT2D eigenvalue weighted by atomic mass is 35.5. The van der Waals surface area contributed by atoms with Crippen LogP contribution in [0, 0.1) is 6.92 Å². The molecule has 15 heavy (non-hydrogen) atoms. The van der Waals surface area contributed by atoms with Crippen LogP contribution >= 0.6 is 11.6 Å². The van der Waals surface area contributed by atoms with E-state index in [9.17, 15) is 4.79 Å². The summed E-state index contributed by atoms with van der Waals surface area (Å²) in [4.78, 5) is 18.7. The van der Waals surface area contributed by atoms with Crippen molar-refractivity contribution in [2.45, 2.75) is 6.92 Å². The minimum Gasteiger partial charge on any atom is -0.394 e. The monoisotopic (exact) mass is 229 g/mol. The molecule has 0 bridgehead atoms. The van der Waals surface area contributed by atoms with Crippen molar-refractivity contribution in [3.05, 3.63) is 11.0 Å². The number of hydrogen-bond donors (Lipinski definition) is 3. The first-order valence-electron chi connectivity index (χ1n) is 4.28. The first kappa shape index (κ1) is 11.5. The smallest absolute Gasteiger partial charge is 0.239 e. The van der Waals surface area contributed by atoms with Gasteiger partial charge in [-0.25, -0.2) is 4.98 Å². The lowest BCUT2D eigenvalue weighted by molar-refractivity contribution is -0.118. The van der Waals surface area contributed by atoms with Gasteiger partial charge in [-0.15, -0.1) is 0 Å². The zero-order valence-corrected chi connectivity index (χ0v) is 9.22. The molecule has 1 rings (SSSR count). The number of rotatable bonds is 3. The van der Waals surface area contributed by atoms with E-state index in [0.717, 1.165) is 0 Å². The van der Waals surface area contributed by atoms with Gasteiger partial charge in [0.2, 0.25) is 11.2 Å². The van der Waals surface area contributed by atoms with Gasteiger partial charge in [-0.1, -0.05) is 0 Å². The van der Waals surface area contributed by atoms with Crippen molar-refractivity contribution in [2.75, 3.05) is 24.6 Å². The number of likely N-dealkylation sites (N-methyl/N-ethyl adjacent to an activating group) is 1. The summed E-state index contributed by atoms with van der Waals surface area (Å²) in [6.07, 6.45) is 0. The zero-order valence-electron chi connectivity index (χ0n) is 8.47. The Labute approximate surface area is 92.2 Å². The Kier molecular flexibility index (Phi) is 3.68. The van der Waals surface area contributed by atoms with Gasteiger partial charge in [0.1, 0.15) is 0 Å². The van der Waals surface area contributed by atoms with E-state index in [1.165, 1.54) is 0 Å². The molecule has 0 aliphatic heterocycles. The van der Waals surface area contributed by atoms with E-state index in [1.54, 1.807) is 14.0 Å². The third-order valence-electron chi connectivity index (χ3n) is 1.80. The lowest BCUT2D eigenvalue weighted by Crippen LogP contribution is -2.26. The summed E-state index contributed by atoms with van der Waals surface area (Å²) >= 11 is 5.65. The average molecular weight is 230 g/mol. The zero-order chi connectivity index (χ0) is 11.4. The predicted octanol–water partition coefficient (Wildman–Crippen LogP) is 0.179. The number of anilines is 2. The largest absolute Gasteiger partial charge is 0.394 e. The number of nitrogen functional groups attached to an aromatic ring is 1. The van der Waals surface area contributed by atoms with E-state index in [2.05, 4.69) is 20.6 Å². The second-order valence-corrected chi connectivity index (χ2v) is 3.21. The van der Waals surface area contributed by atoms with Gasteiger partial charge < -0.3 is 16.4 Å². The molecule has 0 saturated heterocycles. The van der Waals surface area contributed by atoms with Crippen molar-refractivity contribution in [3.63, 3.8) is 0 Å². The molecule has 0 aromatic carbocycles. The summed E-state index contributed by atoms with van der Waals surface area (Å²) in [7, 11) is 1.55. The first-order valence-corrected chi connectivity index (χ1v) is 4.66. The molecule has 82 valence electrons. The number of hydrogen-bond acceptors (Lipinski definition) is 5. The van der Waals surface area contributed by atoms with Gasteiger partial charge in [0.15, 0.2) is 5.82 Å². The van der Waals surface area contributed by atoms with Gasteiger partial charge in [0.25, 0.3) is 0 Å². The van der Waals surface area contributed by atoms with Crippen LogP contribution in [0.1, 0.15) is 5.69 Å². The lowest BCUT2D eigenvalue weighted by atomic mass is 10.3. The molecule has 1 aromatic rings. The second-order valence-electron chi connectivity index (χ2n) is 2.87. The number of halogens is 1. The lowest BCUT2D eigenvalue weighted by Gasteiger charge is -2.09. The Morgan fingerprint density at radius 3 is 2.80 bits per heavy atom. The maximum absolute atomic E-state index is 11.0. The van der Waals surface area contributed by atoms with Crippen LogP contribution in [0.4, 0.5) is 11.5 Å². The van der Waals surface area contributed by atoms with E-state index >= 15 is 0 Å². The number of carbonyl (C=O) groups is 1. The molecule has 0 atom stereocenters. The Morgan fingerprint density at radius 2 is 2.20 bits per heavy atom. The second kappa shape index (κ2) is 4.79. The average Bonchev–Trinajstić information content (AvgIpc) is 2.20. The summed E-state index contributed by atoms with van der Waals surface area (Å²) in [5, 5.41) is 5.34. The van der Waals surface area contributed by atoms with Gasteiger partial charge in [-0.05, 0) is 18.5 Å². The van der Waals surface area contributed by atoms with Crippen LogP contribution in [0.15, 0.2) is 0 Å². The number of aryl methyl sites for hydroxylation is 1. The van der Waals surface area contributed by atoms with Crippen molar-refractivity contribution in [1.29, 1.82) is 0 Å². The summed E-state index contributed by atoms with van der Waals surface area (Å²) in [6, 6.07) is 0. The molecule has 0 saturated carbocycles. The van der Waals surface area contributed by atoms with Crippen LogP contribution in [0.25, 0.3) is 0 Å². The normalized spacial score (nSPS) is 9.80. The van der Waals surface area contributed by atoms with Gasteiger partial charge in [0, 0.05) is 7.05 Å². The number of aromatic nitrogens is 2. The highest BCUT2D eigenvalue weighted by Crippen LogP contribution is 2.19. The third kappa shape index (κ3) is 2.95. The molecule has 4 N–H and O–H groups in total. The highest BCUT2D eigenvalue weighted by Gasteiger charge is 2.08. The van der Waals surface area contributed by atoms with Crippen LogP contribution in [-0.4, -0.2) is 29.5 Å². The quantitative estimate of drug-likeness (QED) is 0.643. The molecule has 1 aromatic heterocycles. The standard InChI is InChI=1S/C8H12ClN5O/c1-4-6(10)7(14-8(9)13-4)12-3-5(15)11-2/h3,10H2,1-2H3,(H,11,15)(H,12,13,14). The molecule has 0 unspecified atom stereocenters. The maximum atomic E-state index is 11.0. The number of amides is 1. The predicted molar refractivity (Wildman–Crippen MR) is 58.7 cm³/mol. The Morgan fingerprint density at radius 1 is 1.53 bits per heavy atom. The van der Waals surface area contributed by atoms with Crippen molar-refractivity contribution in [1.82, 2.24) is 15.3 Å². The van der Waals surface area contributed by atoms with Crippen molar-refractivity contribution in [2.24, 2.45) is 0 Å². The maximum Gasteiger partial charge on any atom is 0.239 e. The van der Waals surface area contributed by atoms with Crippen LogP contribution in [0.2, 0.25) is 5.28 Å². The minimum absolute atomic E-state index is 0.0908.